The number of aryl methyl sites for hydroxylation is 2. The van der Waals surface area contributed by atoms with Crippen molar-refractivity contribution in [2.45, 2.75) is 13.8 Å². The lowest BCUT2D eigenvalue weighted by Gasteiger charge is -2.27. The Bertz CT molecular complexity index is 1400. The summed E-state index contributed by atoms with van der Waals surface area (Å²) in [6.07, 6.45) is 0. The van der Waals surface area contributed by atoms with Crippen molar-refractivity contribution in [1.82, 2.24) is 9.80 Å². The molecule has 3 aromatic rings. The van der Waals surface area contributed by atoms with E-state index in [-0.39, 0.29) is 29.0 Å². The number of halogens is 1. The molecular weight excluding hydrogens is 487 g/mol. The molecule has 0 aliphatic carbocycles. The summed E-state index contributed by atoms with van der Waals surface area (Å²) in [6.45, 7) is 5.54. The normalized spacial score (nSPS) is 13.8. The van der Waals surface area contributed by atoms with Crippen molar-refractivity contribution in [2.24, 2.45) is 10.7 Å². The number of hydrogen-bond acceptors (Lipinski definition) is 5. The van der Waals surface area contributed by atoms with Crippen molar-refractivity contribution in [3.8, 4) is 16.9 Å². The first-order valence-electron chi connectivity index (χ1n) is 12.3. The Morgan fingerprint density at radius 3 is 2.39 bits per heavy atom. The second kappa shape index (κ2) is 11.4. The first-order chi connectivity index (χ1) is 18.2. The van der Waals surface area contributed by atoms with Crippen LogP contribution in [0.15, 0.2) is 59.6 Å². The third-order valence-electron chi connectivity index (χ3n) is 6.31. The lowest BCUT2D eigenvalue weighted by atomic mass is 9.99. The van der Waals surface area contributed by atoms with Gasteiger partial charge in [-0.2, -0.15) is 4.99 Å². The quantitative estimate of drug-likeness (QED) is 0.401. The number of rotatable bonds is 5. The summed E-state index contributed by atoms with van der Waals surface area (Å²) < 4.78 is 26.5. The number of amides is 2. The molecule has 1 aliphatic heterocycles. The Morgan fingerprint density at radius 2 is 1.74 bits per heavy atom. The van der Waals surface area contributed by atoms with Gasteiger partial charge in [0.25, 0.3) is 17.8 Å². The molecule has 0 aromatic heterocycles. The van der Waals surface area contributed by atoms with Gasteiger partial charge < -0.3 is 25.0 Å². The smallest absolute Gasteiger partial charge is 0.292 e. The first-order valence-corrected chi connectivity index (χ1v) is 12.3. The number of para-hydroxylation sites is 1. The van der Waals surface area contributed by atoms with E-state index in [9.17, 15) is 9.59 Å². The Kier molecular flexibility index (Phi) is 8.07. The van der Waals surface area contributed by atoms with E-state index < -0.39 is 5.82 Å². The number of benzene rings is 3. The van der Waals surface area contributed by atoms with Crippen LogP contribution < -0.4 is 10.5 Å². The average molecular weight is 519 g/mol. The third kappa shape index (κ3) is 5.84. The summed E-state index contributed by atoms with van der Waals surface area (Å²) in [5.74, 6) is -0.529. The molecule has 1 saturated heterocycles. The summed E-state index contributed by atoms with van der Waals surface area (Å²) in [7, 11) is 3.38. The van der Waals surface area contributed by atoms with E-state index in [0.717, 1.165) is 11.1 Å². The Balaban J connectivity index is 1.60. The van der Waals surface area contributed by atoms with Gasteiger partial charge in [0.05, 0.1) is 18.9 Å². The van der Waals surface area contributed by atoms with Gasteiger partial charge in [0.1, 0.15) is 11.6 Å². The molecule has 0 bridgehead atoms. The van der Waals surface area contributed by atoms with Crippen molar-refractivity contribution in [3.63, 3.8) is 0 Å². The molecule has 0 atom stereocenters. The van der Waals surface area contributed by atoms with Gasteiger partial charge in [0, 0.05) is 49.4 Å². The number of aliphatic imine (C=N–C) groups is 1. The minimum Gasteiger partial charge on any atom is -0.425 e. The summed E-state index contributed by atoms with van der Waals surface area (Å²) >= 11 is 0. The maximum atomic E-state index is 15.3. The predicted molar refractivity (Wildman–Crippen MR) is 144 cm³/mol. The molecule has 198 valence electrons. The van der Waals surface area contributed by atoms with Crippen molar-refractivity contribution in [1.29, 1.82) is 0 Å². The van der Waals surface area contributed by atoms with E-state index in [4.69, 9.17) is 15.2 Å². The van der Waals surface area contributed by atoms with Crippen LogP contribution in [0.5, 0.6) is 5.75 Å². The Morgan fingerprint density at radius 1 is 1.00 bits per heavy atom. The average Bonchev–Trinajstić information content (AvgIpc) is 2.89. The fraction of sp³-hybridized carbons (Fsp3) is 0.276. The summed E-state index contributed by atoms with van der Waals surface area (Å²) in [5.41, 5.74) is 9.74. The number of ether oxygens (including phenoxy) is 2. The molecule has 0 unspecified atom stereocenters. The van der Waals surface area contributed by atoms with Crippen LogP contribution in [-0.2, 0) is 4.74 Å². The zero-order valence-corrected chi connectivity index (χ0v) is 22.0. The van der Waals surface area contributed by atoms with Gasteiger partial charge in [0.15, 0.2) is 0 Å². The maximum absolute atomic E-state index is 15.3. The molecule has 4 rings (SSSR count). The second-order valence-corrected chi connectivity index (χ2v) is 9.30. The van der Waals surface area contributed by atoms with Crippen LogP contribution in [0, 0.1) is 19.7 Å². The SMILES string of the molecule is Cc1cc(N=C(N)Oc2c(C)cccc2-c2ccc(C(=O)N3CCOCC3)cc2F)ccc1C(=O)N(C)C. The van der Waals surface area contributed by atoms with Crippen LogP contribution in [0.4, 0.5) is 10.1 Å². The van der Waals surface area contributed by atoms with Crippen LogP contribution in [-0.4, -0.2) is 68.0 Å². The topological polar surface area (TPSA) is 97.5 Å². The van der Waals surface area contributed by atoms with E-state index in [1.807, 2.05) is 19.9 Å². The first kappa shape index (κ1) is 26.8. The maximum Gasteiger partial charge on any atom is 0.292 e. The standard InChI is InChI=1S/C29H31FN4O4/c1-18-6-5-7-24(23-10-8-20(17-25(23)30)27(35)34-12-14-37-15-13-34)26(18)38-29(31)32-21-9-11-22(19(2)16-21)28(36)33(3)4/h5-11,16-17H,12-15H2,1-4H3,(H2,31,32). The molecule has 2 amide bonds. The molecule has 2 N–H and O–H groups in total. The van der Waals surface area contributed by atoms with E-state index in [2.05, 4.69) is 4.99 Å². The van der Waals surface area contributed by atoms with E-state index >= 15 is 4.39 Å². The highest BCUT2D eigenvalue weighted by atomic mass is 19.1. The second-order valence-electron chi connectivity index (χ2n) is 9.30. The fourth-order valence-corrected chi connectivity index (χ4v) is 4.27. The number of hydrogen-bond donors (Lipinski definition) is 1. The minimum absolute atomic E-state index is 0.105. The van der Waals surface area contributed by atoms with Crippen molar-refractivity contribution >= 4 is 23.5 Å². The molecule has 1 fully saturated rings. The third-order valence-corrected chi connectivity index (χ3v) is 6.31. The summed E-state index contributed by atoms with van der Waals surface area (Å²) in [5, 5.41) is 0. The molecule has 1 aliphatic rings. The lowest BCUT2D eigenvalue weighted by Crippen LogP contribution is -2.40. The fourth-order valence-electron chi connectivity index (χ4n) is 4.27. The van der Waals surface area contributed by atoms with Crippen LogP contribution in [0.2, 0.25) is 0 Å². The van der Waals surface area contributed by atoms with Gasteiger partial charge >= 0.3 is 0 Å². The zero-order chi connectivity index (χ0) is 27.4. The molecule has 1 heterocycles. The highest BCUT2D eigenvalue weighted by Gasteiger charge is 2.21. The summed E-state index contributed by atoms with van der Waals surface area (Å²) in [6, 6.07) is 14.8. The number of carbonyl (C=O) groups excluding carboxylic acids is 2. The number of nitrogens with zero attached hydrogens (tertiary/aromatic N) is 3. The van der Waals surface area contributed by atoms with Gasteiger partial charge in [-0.25, -0.2) is 4.39 Å². The molecule has 0 spiro atoms. The molecule has 38 heavy (non-hydrogen) atoms. The molecule has 3 aromatic carbocycles. The molecule has 0 saturated carbocycles. The van der Waals surface area contributed by atoms with Gasteiger partial charge in [-0.15, -0.1) is 0 Å². The van der Waals surface area contributed by atoms with Crippen molar-refractivity contribution < 1.29 is 23.5 Å². The molecule has 8 nitrogen and oxygen atoms in total. The monoisotopic (exact) mass is 518 g/mol. The van der Waals surface area contributed by atoms with E-state index in [1.165, 1.54) is 11.0 Å². The van der Waals surface area contributed by atoms with Gasteiger partial charge in [-0.1, -0.05) is 24.3 Å². The Labute approximate surface area is 221 Å². The van der Waals surface area contributed by atoms with E-state index in [0.29, 0.717) is 48.9 Å². The van der Waals surface area contributed by atoms with Crippen LogP contribution in [0.25, 0.3) is 11.1 Å². The Hall–Kier alpha value is -4.24. The van der Waals surface area contributed by atoms with E-state index in [1.54, 1.807) is 61.5 Å². The van der Waals surface area contributed by atoms with Crippen LogP contribution >= 0.6 is 0 Å². The van der Waals surface area contributed by atoms with Gasteiger partial charge in [0.2, 0.25) is 0 Å². The van der Waals surface area contributed by atoms with Crippen LogP contribution in [0.1, 0.15) is 31.8 Å². The predicted octanol–water partition coefficient (Wildman–Crippen LogP) is 4.31. The molecule has 0 radical (unpaired) electrons. The highest BCUT2D eigenvalue weighted by Crippen LogP contribution is 2.35. The van der Waals surface area contributed by atoms with Gasteiger partial charge in [-0.3, -0.25) is 9.59 Å². The van der Waals surface area contributed by atoms with Crippen molar-refractivity contribution in [3.05, 3.63) is 82.7 Å². The van der Waals surface area contributed by atoms with Crippen LogP contribution in [0.3, 0.4) is 0 Å². The number of amidine groups is 1. The zero-order valence-electron chi connectivity index (χ0n) is 22.0. The number of morpholine rings is 1. The largest absolute Gasteiger partial charge is 0.425 e. The van der Waals surface area contributed by atoms with Gasteiger partial charge in [-0.05, 0) is 55.3 Å². The molecular formula is C29H31FN4O4. The lowest BCUT2D eigenvalue weighted by molar-refractivity contribution is 0.0302. The number of carbonyl (C=O) groups is 2. The van der Waals surface area contributed by atoms with Crippen molar-refractivity contribution in [2.75, 3.05) is 40.4 Å². The molecule has 9 heteroatoms. The number of nitrogens with two attached hydrogens (primary N) is 1. The minimum atomic E-state index is -0.549. The summed E-state index contributed by atoms with van der Waals surface area (Å²) in [4.78, 5) is 32.6. The highest BCUT2D eigenvalue weighted by molar-refractivity contribution is 5.96.